The van der Waals surface area contributed by atoms with E-state index in [1.54, 1.807) is 6.20 Å². The second-order valence-corrected chi connectivity index (χ2v) is 4.82. The van der Waals surface area contributed by atoms with Gasteiger partial charge in [-0.05, 0) is 31.1 Å². The summed E-state index contributed by atoms with van der Waals surface area (Å²) in [5.41, 5.74) is 0.374. The van der Waals surface area contributed by atoms with Crippen molar-refractivity contribution in [1.29, 1.82) is 5.26 Å². The van der Waals surface area contributed by atoms with Gasteiger partial charge in [0.15, 0.2) is 5.69 Å². The Morgan fingerprint density at radius 3 is 2.75 bits per heavy atom. The molecule has 4 nitrogen and oxygen atoms in total. The van der Waals surface area contributed by atoms with Gasteiger partial charge in [-0.3, -0.25) is 0 Å². The van der Waals surface area contributed by atoms with Crippen LogP contribution in [0.3, 0.4) is 0 Å². The molecule has 3 unspecified atom stereocenters. The number of nitrogens with zero attached hydrogens (tertiary/aromatic N) is 3. The molecule has 0 amide bonds. The van der Waals surface area contributed by atoms with Gasteiger partial charge in [0.05, 0.1) is 12.4 Å². The first-order chi connectivity index (χ1) is 7.85. The van der Waals surface area contributed by atoms with Crippen LogP contribution in [0.2, 0.25) is 0 Å². The van der Waals surface area contributed by atoms with E-state index in [2.05, 4.69) is 15.3 Å². The zero-order chi connectivity index (χ0) is 11.0. The number of nitrogens with one attached hydrogen (secondary N) is 1. The average Bonchev–Trinajstić information content (AvgIpc) is 2.92. The van der Waals surface area contributed by atoms with Crippen molar-refractivity contribution >= 4 is 5.82 Å². The minimum absolute atomic E-state index is 0.374. The minimum Gasteiger partial charge on any atom is -0.366 e. The summed E-state index contributed by atoms with van der Waals surface area (Å²) >= 11 is 0. The van der Waals surface area contributed by atoms with Gasteiger partial charge in [-0.25, -0.2) is 9.97 Å². The van der Waals surface area contributed by atoms with Gasteiger partial charge in [0.25, 0.3) is 0 Å². The molecule has 16 heavy (non-hydrogen) atoms. The van der Waals surface area contributed by atoms with Crippen molar-refractivity contribution in [2.75, 3.05) is 5.32 Å². The van der Waals surface area contributed by atoms with E-state index in [0.717, 1.165) is 17.7 Å². The summed E-state index contributed by atoms with van der Waals surface area (Å²) in [6, 6.07) is 2.54. The Hall–Kier alpha value is -1.63. The molecule has 0 aromatic carbocycles. The summed E-state index contributed by atoms with van der Waals surface area (Å²) in [6.45, 7) is 0. The number of fused-ring (bicyclic) bond motifs is 2. The summed E-state index contributed by atoms with van der Waals surface area (Å²) in [5, 5.41) is 12.1. The Morgan fingerprint density at radius 1 is 1.25 bits per heavy atom. The first-order valence-corrected chi connectivity index (χ1v) is 5.84. The third kappa shape index (κ3) is 1.63. The molecule has 0 aliphatic heterocycles. The van der Waals surface area contributed by atoms with Crippen molar-refractivity contribution in [3.8, 4) is 6.07 Å². The van der Waals surface area contributed by atoms with Crippen molar-refractivity contribution in [2.45, 2.75) is 31.7 Å². The van der Waals surface area contributed by atoms with Gasteiger partial charge in [-0.1, -0.05) is 6.42 Å². The van der Waals surface area contributed by atoms with Gasteiger partial charge in [-0.2, -0.15) is 5.26 Å². The maximum atomic E-state index is 8.63. The molecule has 1 aromatic heterocycles. The van der Waals surface area contributed by atoms with Crippen LogP contribution in [0.15, 0.2) is 12.4 Å². The Kier molecular flexibility index (Phi) is 2.24. The van der Waals surface area contributed by atoms with Crippen LogP contribution in [0.25, 0.3) is 0 Å². The molecule has 1 aromatic rings. The van der Waals surface area contributed by atoms with Gasteiger partial charge >= 0.3 is 0 Å². The van der Waals surface area contributed by atoms with Crippen LogP contribution in [0, 0.1) is 23.2 Å². The van der Waals surface area contributed by atoms with Crippen molar-refractivity contribution in [3.63, 3.8) is 0 Å². The number of hydrogen-bond acceptors (Lipinski definition) is 4. The van der Waals surface area contributed by atoms with Crippen molar-refractivity contribution in [3.05, 3.63) is 18.1 Å². The lowest BCUT2D eigenvalue weighted by atomic mass is 9.95. The Bertz CT molecular complexity index is 420. The maximum Gasteiger partial charge on any atom is 0.158 e. The van der Waals surface area contributed by atoms with Crippen LogP contribution < -0.4 is 5.32 Å². The van der Waals surface area contributed by atoms with Crippen LogP contribution in [0.4, 0.5) is 5.82 Å². The van der Waals surface area contributed by atoms with E-state index in [1.165, 1.54) is 31.9 Å². The fraction of sp³-hybridized carbons (Fsp3) is 0.583. The number of rotatable bonds is 2. The maximum absolute atomic E-state index is 8.63. The van der Waals surface area contributed by atoms with Crippen molar-refractivity contribution < 1.29 is 0 Å². The molecule has 0 saturated heterocycles. The van der Waals surface area contributed by atoms with Crippen LogP contribution >= 0.6 is 0 Å². The van der Waals surface area contributed by atoms with Gasteiger partial charge < -0.3 is 5.32 Å². The van der Waals surface area contributed by atoms with E-state index in [4.69, 9.17) is 5.26 Å². The molecule has 2 bridgehead atoms. The molecule has 2 fully saturated rings. The molecule has 3 atom stereocenters. The number of anilines is 1. The van der Waals surface area contributed by atoms with Crippen molar-refractivity contribution in [1.82, 2.24) is 9.97 Å². The Morgan fingerprint density at radius 2 is 2.19 bits per heavy atom. The van der Waals surface area contributed by atoms with E-state index >= 15 is 0 Å². The third-order valence-electron chi connectivity index (χ3n) is 3.84. The largest absolute Gasteiger partial charge is 0.366 e. The number of hydrogen-bond donors (Lipinski definition) is 1. The summed E-state index contributed by atoms with van der Waals surface area (Å²) in [7, 11) is 0. The standard InChI is InChI=1S/C12H14N4/c13-5-10-6-15-12(7-14-10)16-11-4-8-1-2-9(11)3-8/h6-9,11H,1-4H2,(H,15,16). The van der Waals surface area contributed by atoms with Gasteiger partial charge in [0, 0.05) is 6.04 Å². The summed E-state index contributed by atoms with van der Waals surface area (Å²) in [5.74, 6) is 2.55. The highest BCUT2D eigenvalue weighted by Gasteiger charge is 2.39. The molecule has 3 rings (SSSR count). The number of nitriles is 1. The predicted octanol–water partition coefficient (Wildman–Crippen LogP) is 1.95. The van der Waals surface area contributed by atoms with Crippen LogP contribution in [0.5, 0.6) is 0 Å². The van der Waals surface area contributed by atoms with E-state index in [-0.39, 0.29) is 0 Å². The molecular formula is C12H14N4. The molecule has 1 N–H and O–H groups in total. The second-order valence-electron chi connectivity index (χ2n) is 4.82. The summed E-state index contributed by atoms with van der Waals surface area (Å²) in [4.78, 5) is 8.22. The highest BCUT2D eigenvalue weighted by atomic mass is 15.0. The molecule has 4 heteroatoms. The minimum atomic E-state index is 0.374. The summed E-state index contributed by atoms with van der Waals surface area (Å²) in [6.07, 6.45) is 8.59. The van der Waals surface area contributed by atoms with Gasteiger partial charge in [0.1, 0.15) is 11.9 Å². The highest BCUT2D eigenvalue weighted by molar-refractivity contribution is 5.35. The average molecular weight is 214 g/mol. The van der Waals surface area contributed by atoms with E-state index in [0.29, 0.717) is 11.7 Å². The molecule has 0 radical (unpaired) electrons. The molecule has 82 valence electrons. The highest BCUT2D eigenvalue weighted by Crippen LogP contribution is 2.45. The zero-order valence-electron chi connectivity index (χ0n) is 9.06. The van der Waals surface area contributed by atoms with Crippen LogP contribution in [-0.4, -0.2) is 16.0 Å². The fourth-order valence-electron chi connectivity index (χ4n) is 3.07. The lowest BCUT2D eigenvalue weighted by Crippen LogP contribution is -2.26. The number of aromatic nitrogens is 2. The monoisotopic (exact) mass is 214 g/mol. The van der Waals surface area contributed by atoms with E-state index in [1.807, 2.05) is 6.07 Å². The molecule has 2 aliphatic carbocycles. The van der Waals surface area contributed by atoms with Gasteiger partial charge in [-0.15, -0.1) is 0 Å². The van der Waals surface area contributed by atoms with Gasteiger partial charge in [0.2, 0.25) is 0 Å². The normalized spacial score (nSPS) is 31.3. The van der Waals surface area contributed by atoms with E-state index < -0.39 is 0 Å². The second kappa shape index (κ2) is 3.75. The Labute approximate surface area is 94.7 Å². The predicted molar refractivity (Wildman–Crippen MR) is 59.6 cm³/mol. The lowest BCUT2D eigenvalue weighted by molar-refractivity contribution is 0.439. The zero-order valence-corrected chi connectivity index (χ0v) is 9.06. The molecule has 0 spiro atoms. The first-order valence-electron chi connectivity index (χ1n) is 5.84. The molecule has 1 heterocycles. The lowest BCUT2D eigenvalue weighted by Gasteiger charge is -2.23. The molecule has 2 aliphatic rings. The fourth-order valence-corrected chi connectivity index (χ4v) is 3.07. The van der Waals surface area contributed by atoms with Crippen LogP contribution in [0.1, 0.15) is 31.4 Å². The topological polar surface area (TPSA) is 61.6 Å². The first kappa shape index (κ1) is 9.59. The Balaban J connectivity index is 1.68. The van der Waals surface area contributed by atoms with Crippen LogP contribution in [-0.2, 0) is 0 Å². The van der Waals surface area contributed by atoms with Crippen molar-refractivity contribution in [2.24, 2.45) is 11.8 Å². The molecule has 2 saturated carbocycles. The smallest absolute Gasteiger partial charge is 0.158 e. The SMILES string of the molecule is N#Cc1cnc(NC2CC3CCC2C3)cn1. The summed E-state index contributed by atoms with van der Waals surface area (Å²) < 4.78 is 0. The third-order valence-corrected chi connectivity index (χ3v) is 3.84. The molecular weight excluding hydrogens is 200 g/mol. The quantitative estimate of drug-likeness (QED) is 0.817. The van der Waals surface area contributed by atoms with E-state index in [9.17, 15) is 0 Å².